The first-order valence-corrected chi connectivity index (χ1v) is 6.87. The van der Waals surface area contributed by atoms with E-state index in [0.29, 0.717) is 5.92 Å². The minimum Gasteiger partial charge on any atom is -1.00 e. The average molecular weight is 404 g/mol. The second kappa shape index (κ2) is 8.23. The molecule has 0 saturated carbocycles. The van der Waals surface area contributed by atoms with Gasteiger partial charge in [-0.3, -0.25) is 0 Å². The molecule has 0 N–H and O–H groups in total. The number of halogens is 2. The molecule has 3 heteroatoms. The SMILES string of the molecule is CC(C)(C)c1cc[c-](C(C)(C)C)c1C1C=CC=C1.[Cl-].[Cl-].[Zr+3]. The summed E-state index contributed by atoms with van der Waals surface area (Å²) in [4.78, 5) is 0. The van der Waals surface area contributed by atoms with Gasteiger partial charge in [-0.1, -0.05) is 76.7 Å². The zero-order valence-corrected chi connectivity index (χ0v) is 17.8. The van der Waals surface area contributed by atoms with Gasteiger partial charge < -0.3 is 24.8 Å². The molecule has 0 fully saturated rings. The first kappa shape index (κ1) is 23.6. The van der Waals surface area contributed by atoms with Crippen molar-refractivity contribution < 1.29 is 51.0 Å². The first-order chi connectivity index (χ1) is 8.21. The molecule has 0 amide bonds. The van der Waals surface area contributed by atoms with Gasteiger partial charge in [0.1, 0.15) is 0 Å². The summed E-state index contributed by atoms with van der Waals surface area (Å²) < 4.78 is 0. The van der Waals surface area contributed by atoms with Crippen molar-refractivity contribution in [2.75, 3.05) is 0 Å². The molecule has 0 spiro atoms. The van der Waals surface area contributed by atoms with Gasteiger partial charge in [0.15, 0.2) is 0 Å². The minimum absolute atomic E-state index is 0. The van der Waals surface area contributed by atoms with Gasteiger partial charge in [0.05, 0.1) is 0 Å². The zero-order chi connectivity index (χ0) is 13.6. The minimum atomic E-state index is 0. The molecule has 0 heterocycles. The number of hydrogen-bond acceptors (Lipinski definition) is 0. The predicted octanol–water partition coefficient (Wildman–Crippen LogP) is -0.784. The van der Waals surface area contributed by atoms with Crippen molar-refractivity contribution in [1.29, 1.82) is 0 Å². The Morgan fingerprint density at radius 2 is 1.38 bits per heavy atom. The van der Waals surface area contributed by atoms with Crippen LogP contribution in [0, 0.1) is 0 Å². The van der Waals surface area contributed by atoms with Crippen LogP contribution >= 0.6 is 0 Å². The van der Waals surface area contributed by atoms with E-state index in [2.05, 4.69) is 78.0 Å². The van der Waals surface area contributed by atoms with E-state index in [0.717, 1.165) is 0 Å². The van der Waals surface area contributed by atoms with E-state index in [4.69, 9.17) is 0 Å². The van der Waals surface area contributed by atoms with E-state index in [9.17, 15) is 0 Å². The Morgan fingerprint density at radius 3 is 1.76 bits per heavy atom. The van der Waals surface area contributed by atoms with Crippen molar-refractivity contribution in [2.24, 2.45) is 0 Å². The summed E-state index contributed by atoms with van der Waals surface area (Å²) in [5.41, 5.74) is 4.94. The van der Waals surface area contributed by atoms with E-state index in [1.165, 1.54) is 16.7 Å². The molecule has 0 nitrogen and oxygen atoms in total. The van der Waals surface area contributed by atoms with E-state index >= 15 is 0 Å². The van der Waals surface area contributed by atoms with Gasteiger partial charge in [0.25, 0.3) is 0 Å². The quantitative estimate of drug-likeness (QED) is 0.540. The molecule has 0 bridgehead atoms. The number of hydrogen-bond donors (Lipinski definition) is 0. The molecule has 21 heavy (non-hydrogen) atoms. The molecule has 1 radical (unpaired) electrons. The molecule has 1 aromatic rings. The van der Waals surface area contributed by atoms with Crippen molar-refractivity contribution >= 4 is 0 Å². The topological polar surface area (TPSA) is 0 Å². The normalized spacial score (nSPS) is 14.4. The maximum atomic E-state index is 2.33. The van der Waals surface area contributed by atoms with Gasteiger partial charge in [-0.2, -0.15) is 17.2 Å². The van der Waals surface area contributed by atoms with Crippen LogP contribution < -0.4 is 24.8 Å². The first-order valence-electron chi connectivity index (χ1n) is 6.87. The Labute approximate surface area is 161 Å². The zero-order valence-electron chi connectivity index (χ0n) is 13.8. The standard InChI is InChI=1S/C18H25.2ClH.Zr/c1-17(2,3)14-11-12-15(18(4,5)6)16(14)13-9-7-8-10-13;;;/h7-13H,1-6H3;2*1H;/q-1;;;+3/p-2. The number of allylic oxidation sites excluding steroid dienone is 4. The van der Waals surface area contributed by atoms with Gasteiger partial charge in [0, 0.05) is 0 Å². The summed E-state index contributed by atoms with van der Waals surface area (Å²) in [6.07, 6.45) is 8.94. The van der Waals surface area contributed by atoms with E-state index in [1.807, 2.05) is 0 Å². The van der Waals surface area contributed by atoms with Gasteiger partial charge in [-0.05, 0) is 5.92 Å². The molecule has 0 aliphatic heterocycles. The van der Waals surface area contributed by atoms with Crippen LogP contribution in [0.5, 0.6) is 0 Å². The molecule has 0 atom stereocenters. The largest absolute Gasteiger partial charge is 3.00 e. The van der Waals surface area contributed by atoms with Crippen molar-refractivity contribution in [1.82, 2.24) is 0 Å². The summed E-state index contributed by atoms with van der Waals surface area (Å²) in [6.45, 7) is 13.8. The van der Waals surface area contributed by atoms with Crippen LogP contribution in [0.4, 0.5) is 0 Å². The third-order valence-corrected chi connectivity index (χ3v) is 3.69. The number of rotatable bonds is 1. The second-order valence-corrected chi connectivity index (χ2v) is 7.37. The molecule has 1 aliphatic carbocycles. The molecule has 0 unspecified atom stereocenters. The monoisotopic (exact) mass is 401 g/mol. The van der Waals surface area contributed by atoms with Crippen LogP contribution in [-0.2, 0) is 37.0 Å². The summed E-state index contributed by atoms with van der Waals surface area (Å²) >= 11 is 0. The molecule has 0 saturated heterocycles. The van der Waals surface area contributed by atoms with Gasteiger partial charge >= 0.3 is 26.2 Å². The van der Waals surface area contributed by atoms with Crippen LogP contribution in [0.3, 0.4) is 0 Å². The molecule has 1 aromatic carbocycles. The maximum absolute atomic E-state index is 2.33. The third kappa shape index (κ3) is 5.16. The average Bonchev–Trinajstić information content (AvgIpc) is 2.83. The van der Waals surface area contributed by atoms with Crippen molar-refractivity contribution in [3.8, 4) is 0 Å². The van der Waals surface area contributed by atoms with Gasteiger partial charge in [-0.25, -0.2) is 6.07 Å². The molecule has 115 valence electrons. The van der Waals surface area contributed by atoms with Crippen LogP contribution in [0.15, 0.2) is 36.4 Å². The van der Waals surface area contributed by atoms with Crippen molar-refractivity contribution in [3.05, 3.63) is 53.1 Å². The van der Waals surface area contributed by atoms with E-state index in [-0.39, 0.29) is 61.8 Å². The molecule has 2 rings (SSSR count). The molecule has 1 aliphatic rings. The fourth-order valence-electron chi connectivity index (χ4n) is 2.78. The Kier molecular flexibility index (Phi) is 9.23. The summed E-state index contributed by atoms with van der Waals surface area (Å²) in [7, 11) is 0. The molecule has 0 aromatic heterocycles. The van der Waals surface area contributed by atoms with Crippen molar-refractivity contribution in [3.63, 3.8) is 0 Å². The van der Waals surface area contributed by atoms with Crippen LogP contribution in [0.1, 0.15) is 64.2 Å². The summed E-state index contributed by atoms with van der Waals surface area (Å²) in [5.74, 6) is 0.462. The third-order valence-electron chi connectivity index (χ3n) is 3.69. The smallest absolute Gasteiger partial charge is 1.00 e. The van der Waals surface area contributed by atoms with Crippen LogP contribution in [-0.4, -0.2) is 0 Å². The van der Waals surface area contributed by atoms with Crippen LogP contribution in [0.2, 0.25) is 0 Å². The molecular weight excluding hydrogens is 378 g/mol. The maximum Gasteiger partial charge on any atom is 3.00 e. The summed E-state index contributed by atoms with van der Waals surface area (Å²) in [6, 6.07) is 4.66. The Bertz CT molecular complexity index is 453. The predicted molar refractivity (Wildman–Crippen MR) is 80.5 cm³/mol. The van der Waals surface area contributed by atoms with Gasteiger partial charge in [-0.15, -0.1) is 5.56 Å². The Hall–Kier alpha value is 0.293. The Balaban J connectivity index is 0. The van der Waals surface area contributed by atoms with Gasteiger partial charge in [0.2, 0.25) is 0 Å². The second-order valence-electron chi connectivity index (χ2n) is 7.37. The fourth-order valence-corrected chi connectivity index (χ4v) is 2.78. The van der Waals surface area contributed by atoms with E-state index in [1.54, 1.807) is 0 Å². The Morgan fingerprint density at radius 1 is 0.905 bits per heavy atom. The molecular formula is C18H25Cl2Zr. The van der Waals surface area contributed by atoms with Crippen molar-refractivity contribution in [2.45, 2.75) is 58.3 Å². The summed E-state index contributed by atoms with van der Waals surface area (Å²) in [5, 5.41) is 0. The van der Waals surface area contributed by atoms with Crippen LogP contribution in [0.25, 0.3) is 0 Å². The van der Waals surface area contributed by atoms with E-state index < -0.39 is 0 Å². The fraction of sp³-hybridized carbons (Fsp3) is 0.500.